The van der Waals surface area contributed by atoms with E-state index in [0.717, 1.165) is 6.54 Å². The number of likely N-dealkylation sites (N-methyl/N-ethyl adjacent to an activating group) is 1. The minimum atomic E-state index is 0.343. The van der Waals surface area contributed by atoms with E-state index >= 15 is 0 Å². The van der Waals surface area contributed by atoms with Crippen LogP contribution in [0.1, 0.15) is 39.9 Å². The Labute approximate surface area is 132 Å². The van der Waals surface area contributed by atoms with E-state index in [0.29, 0.717) is 12.1 Å². The molecule has 2 aromatic rings. The second kappa shape index (κ2) is 7.21. The van der Waals surface area contributed by atoms with Crippen molar-refractivity contribution in [3.8, 4) is 0 Å². The minimum absolute atomic E-state index is 0.343. The van der Waals surface area contributed by atoms with Crippen molar-refractivity contribution in [3.05, 3.63) is 57.3 Å². The number of nitrogens with one attached hydrogen (secondary N) is 1. The third-order valence-corrected chi connectivity index (χ3v) is 4.73. The standard InChI is InChI=1S/C18H26N2S/c1-13-11-17(15(3)21-13)14(2)19-18(12-20(4)5)16-9-7-6-8-10-16/h6-11,14,18-19H,12H2,1-5H3. The van der Waals surface area contributed by atoms with Crippen LogP contribution in [0.2, 0.25) is 0 Å². The van der Waals surface area contributed by atoms with Crippen LogP contribution >= 0.6 is 11.3 Å². The maximum atomic E-state index is 3.80. The van der Waals surface area contributed by atoms with Gasteiger partial charge >= 0.3 is 0 Å². The van der Waals surface area contributed by atoms with Gasteiger partial charge in [0.1, 0.15) is 0 Å². The highest BCUT2D eigenvalue weighted by atomic mass is 32.1. The number of hydrogen-bond donors (Lipinski definition) is 1. The molecule has 0 amide bonds. The first-order chi connectivity index (χ1) is 9.97. The predicted octanol–water partition coefficient (Wildman–Crippen LogP) is 4.32. The predicted molar refractivity (Wildman–Crippen MR) is 93.1 cm³/mol. The summed E-state index contributed by atoms with van der Waals surface area (Å²) < 4.78 is 0. The molecule has 2 rings (SSSR count). The molecule has 0 radical (unpaired) electrons. The normalized spacial score (nSPS) is 14.4. The second-order valence-corrected chi connectivity index (χ2v) is 7.44. The van der Waals surface area contributed by atoms with Crippen LogP contribution in [-0.2, 0) is 0 Å². The molecule has 21 heavy (non-hydrogen) atoms. The maximum absolute atomic E-state index is 3.80. The topological polar surface area (TPSA) is 15.3 Å². The molecule has 1 heterocycles. The molecule has 0 bridgehead atoms. The average Bonchev–Trinajstić information content (AvgIpc) is 2.77. The molecule has 0 fully saturated rings. The number of nitrogens with zero attached hydrogens (tertiary/aromatic N) is 1. The monoisotopic (exact) mass is 302 g/mol. The number of aryl methyl sites for hydroxylation is 2. The molecule has 0 saturated carbocycles. The molecule has 2 atom stereocenters. The Bertz CT molecular complexity index is 560. The third kappa shape index (κ3) is 4.40. The van der Waals surface area contributed by atoms with Gasteiger partial charge in [0.15, 0.2) is 0 Å². The van der Waals surface area contributed by atoms with Crippen LogP contribution in [0, 0.1) is 13.8 Å². The summed E-state index contributed by atoms with van der Waals surface area (Å²) in [6.07, 6.45) is 0. The van der Waals surface area contributed by atoms with Gasteiger partial charge in [-0.15, -0.1) is 11.3 Å². The molecule has 1 N–H and O–H groups in total. The van der Waals surface area contributed by atoms with Crippen LogP contribution in [0.3, 0.4) is 0 Å². The van der Waals surface area contributed by atoms with Crippen molar-refractivity contribution >= 4 is 11.3 Å². The van der Waals surface area contributed by atoms with Gasteiger partial charge in [0.05, 0.1) is 0 Å². The van der Waals surface area contributed by atoms with Crippen molar-refractivity contribution in [2.24, 2.45) is 0 Å². The van der Waals surface area contributed by atoms with Gasteiger partial charge in [0.2, 0.25) is 0 Å². The molecule has 2 nitrogen and oxygen atoms in total. The number of benzene rings is 1. The number of thiophene rings is 1. The highest BCUT2D eigenvalue weighted by Crippen LogP contribution is 2.28. The number of hydrogen-bond acceptors (Lipinski definition) is 3. The van der Waals surface area contributed by atoms with E-state index in [1.807, 2.05) is 11.3 Å². The van der Waals surface area contributed by atoms with Crippen molar-refractivity contribution in [2.75, 3.05) is 20.6 Å². The number of rotatable bonds is 6. The first-order valence-electron chi connectivity index (χ1n) is 7.50. The zero-order valence-electron chi connectivity index (χ0n) is 13.7. The Morgan fingerprint density at radius 2 is 1.81 bits per heavy atom. The summed E-state index contributed by atoms with van der Waals surface area (Å²) in [6.45, 7) is 7.66. The highest BCUT2D eigenvalue weighted by molar-refractivity contribution is 7.12. The fourth-order valence-electron chi connectivity index (χ4n) is 2.78. The van der Waals surface area contributed by atoms with Gasteiger partial charge in [-0.05, 0) is 52.1 Å². The van der Waals surface area contributed by atoms with Gasteiger partial charge in [-0.3, -0.25) is 0 Å². The Morgan fingerprint density at radius 3 is 2.33 bits per heavy atom. The van der Waals surface area contributed by atoms with E-state index in [-0.39, 0.29) is 0 Å². The molecule has 0 aliphatic carbocycles. The molecule has 0 spiro atoms. The van der Waals surface area contributed by atoms with Crippen molar-refractivity contribution in [1.82, 2.24) is 10.2 Å². The first-order valence-corrected chi connectivity index (χ1v) is 8.31. The highest BCUT2D eigenvalue weighted by Gasteiger charge is 2.18. The zero-order valence-corrected chi connectivity index (χ0v) is 14.5. The maximum Gasteiger partial charge on any atom is 0.0453 e. The average molecular weight is 302 g/mol. The summed E-state index contributed by atoms with van der Waals surface area (Å²) in [5.41, 5.74) is 2.78. The molecule has 114 valence electrons. The van der Waals surface area contributed by atoms with Crippen molar-refractivity contribution in [2.45, 2.75) is 32.9 Å². The van der Waals surface area contributed by atoms with Crippen LogP contribution in [0.5, 0.6) is 0 Å². The van der Waals surface area contributed by atoms with E-state index in [4.69, 9.17) is 0 Å². The minimum Gasteiger partial charge on any atom is -0.308 e. The molecular formula is C18H26N2S. The van der Waals surface area contributed by atoms with Gasteiger partial charge in [-0.25, -0.2) is 0 Å². The summed E-state index contributed by atoms with van der Waals surface area (Å²) in [5.74, 6) is 0. The van der Waals surface area contributed by atoms with Gasteiger partial charge in [-0.1, -0.05) is 30.3 Å². The summed E-state index contributed by atoms with van der Waals surface area (Å²) in [5, 5.41) is 3.80. The van der Waals surface area contributed by atoms with Gasteiger partial charge in [-0.2, -0.15) is 0 Å². The van der Waals surface area contributed by atoms with Crippen LogP contribution in [0.15, 0.2) is 36.4 Å². The third-order valence-electron chi connectivity index (χ3n) is 3.75. The van der Waals surface area contributed by atoms with E-state index in [1.54, 1.807) is 0 Å². The molecule has 0 aliphatic rings. The van der Waals surface area contributed by atoms with Crippen LogP contribution in [0.4, 0.5) is 0 Å². The SMILES string of the molecule is Cc1cc(C(C)NC(CN(C)C)c2ccccc2)c(C)s1. The molecule has 1 aromatic heterocycles. The quantitative estimate of drug-likeness (QED) is 0.855. The Kier molecular flexibility index (Phi) is 5.57. The van der Waals surface area contributed by atoms with Crippen molar-refractivity contribution < 1.29 is 0 Å². The summed E-state index contributed by atoms with van der Waals surface area (Å²) in [4.78, 5) is 5.05. The van der Waals surface area contributed by atoms with Crippen molar-refractivity contribution in [1.29, 1.82) is 0 Å². The van der Waals surface area contributed by atoms with Gasteiger partial charge in [0, 0.05) is 28.4 Å². The molecule has 3 heteroatoms. The lowest BCUT2D eigenvalue weighted by atomic mass is 10.0. The summed E-state index contributed by atoms with van der Waals surface area (Å²) >= 11 is 1.88. The van der Waals surface area contributed by atoms with E-state index in [2.05, 4.69) is 81.5 Å². The molecule has 1 aromatic carbocycles. The molecular weight excluding hydrogens is 276 g/mol. The Balaban J connectivity index is 2.17. The summed E-state index contributed by atoms with van der Waals surface area (Å²) in [7, 11) is 4.25. The Morgan fingerprint density at radius 1 is 1.14 bits per heavy atom. The fourth-order valence-corrected chi connectivity index (χ4v) is 3.80. The van der Waals surface area contributed by atoms with E-state index < -0.39 is 0 Å². The molecule has 0 saturated heterocycles. The van der Waals surface area contributed by atoms with Crippen LogP contribution in [0.25, 0.3) is 0 Å². The largest absolute Gasteiger partial charge is 0.308 e. The van der Waals surface area contributed by atoms with E-state index in [9.17, 15) is 0 Å². The summed E-state index contributed by atoms with van der Waals surface area (Å²) in [6, 6.07) is 13.7. The van der Waals surface area contributed by atoms with Gasteiger partial charge in [0.25, 0.3) is 0 Å². The van der Waals surface area contributed by atoms with Crippen LogP contribution in [-0.4, -0.2) is 25.5 Å². The molecule has 0 aliphatic heterocycles. The smallest absolute Gasteiger partial charge is 0.0453 e. The van der Waals surface area contributed by atoms with Crippen LogP contribution < -0.4 is 5.32 Å². The van der Waals surface area contributed by atoms with Crippen molar-refractivity contribution in [3.63, 3.8) is 0 Å². The lowest BCUT2D eigenvalue weighted by Crippen LogP contribution is -2.33. The lowest BCUT2D eigenvalue weighted by Gasteiger charge is -2.26. The first kappa shape index (κ1) is 16.2. The van der Waals surface area contributed by atoms with E-state index in [1.165, 1.54) is 20.9 Å². The second-order valence-electron chi connectivity index (χ2n) is 5.98. The zero-order chi connectivity index (χ0) is 15.4. The lowest BCUT2D eigenvalue weighted by molar-refractivity contribution is 0.325. The Hall–Kier alpha value is -1.16. The van der Waals surface area contributed by atoms with Gasteiger partial charge < -0.3 is 10.2 Å². The molecule has 2 unspecified atom stereocenters. The fraction of sp³-hybridized carbons (Fsp3) is 0.444.